The van der Waals surface area contributed by atoms with Crippen LogP contribution in [-0.2, 0) is 17.8 Å². The Bertz CT molecular complexity index is 1240. The molecule has 0 unspecified atom stereocenters. The largest absolute Gasteiger partial charge is 0.324 e. The summed E-state index contributed by atoms with van der Waals surface area (Å²) in [6.45, 7) is 1.74. The molecule has 0 saturated heterocycles. The molecule has 2 amide bonds. The fourth-order valence-electron chi connectivity index (χ4n) is 3.73. The van der Waals surface area contributed by atoms with E-state index >= 15 is 0 Å². The number of nitrogens with zero attached hydrogens (tertiary/aromatic N) is 2. The highest BCUT2D eigenvalue weighted by atomic mass is 32.1. The molecule has 156 valence electrons. The zero-order valence-corrected chi connectivity index (χ0v) is 18.3. The molecule has 5 rings (SSSR count). The van der Waals surface area contributed by atoms with Crippen molar-refractivity contribution in [1.29, 1.82) is 0 Å². The summed E-state index contributed by atoms with van der Waals surface area (Å²) in [6.07, 6.45) is 0.766. The summed E-state index contributed by atoms with van der Waals surface area (Å²) in [6, 6.07) is 15.7. The fourth-order valence-corrected chi connectivity index (χ4v) is 5.41. The molecule has 0 radical (unpaired) electrons. The minimum absolute atomic E-state index is 0.0321. The third kappa shape index (κ3) is 4.36. The van der Waals surface area contributed by atoms with Crippen LogP contribution in [0.3, 0.4) is 0 Å². The monoisotopic (exact) mass is 448 g/mol. The maximum absolute atomic E-state index is 12.7. The van der Waals surface area contributed by atoms with Gasteiger partial charge in [-0.25, -0.2) is 4.98 Å². The second kappa shape index (κ2) is 8.58. The first-order valence-corrected chi connectivity index (χ1v) is 11.7. The van der Waals surface area contributed by atoms with Gasteiger partial charge < -0.3 is 5.32 Å². The van der Waals surface area contributed by atoms with Gasteiger partial charge in [0.15, 0.2) is 5.13 Å². The Kier molecular flexibility index (Phi) is 5.50. The van der Waals surface area contributed by atoms with Gasteiger partial charge in [-0.3, -0.25) is 19.8 Å². The molecular weight excluding hydrogens is 428 g/mol. The van der Waals surface area contributed by atoms with Crippen LogP contribution >= 0.6 is 22.7 Å². The predicted molar refractivity (Wildman–Crippen MR) is 126 cm³/mol. The topological polar surface area (TPSA) is 74.3 Å². The summed E-state index contributed by atoms with van der Waals surface area (Å²) >= 11 is 2.97. The number of thiazole rings is 1. The van der Waals surface area contributed by atoms with E-state index in [1.807, 2.05) is 53.2 Å². The van der Waals surface area contributed by atoms with Crippen LogP contribution in [-0.4, -0.2) is 34.8 Å². The summed E-state index contributed by atoms with van der Waals surface area (Å²) in [4.78, 5) is 32.8. The number of rotatable bonds is 5. The Labute approximate surface area is 187 Å². The zero-order valence-electron chi connectivity index (χ0n) is 16.6. The van der Waals surface area contributed by atoms with Crippen LogP contribution in [0.1, 0.15) is 20.9 Å². The Morgan fingerprint density at radius 2 is 1.94 bits per heavy atom. The van der Waals surface area contributed by atoms with Gasteiger partial charge in [0, 0.05) is 40.8 Å². The number of carbonyl (C=O) groups is 2. The van der Waals surface area contributed by atoms with Crippen LogP contribution in [0.25, 0.3) is 10.8 Å². The molecule has 1 aliphatic heterocycles. The van der Waals surface area contributed by atoms with Gasteiger partial charge in [-0.1, -0.05) is 36.4 Å². The van der Waals surface area contributed by atoms with Gasteiger partial charge in [0.1, 0.15) is 0 Å². The first-order chi connectivity index (χ1) is 15.2. The van der Waals surface area contributed by atoms with Crippen LogP contribution in [0.15, 0.2) is 59.3 Å². The first-order valence-electron chi connectivity index (χ1n) is 9.98. The van der Waals surface area contributed by atoms with Gasteiger partial charge in [-0.05, 0) is 22.9 Å². The number of thiophene rings is 1. The lowest BCUT2D eigenvalue weighted by Crippen LogP contribution is -2.36. The zero-order chi connectivity index (χ0) is 21.2. The van der Waals surface area contributed by atoms with Gasteiger partial charge in [0.25, 0.3) is 5.91 Å². The van der Waals surface area contributed by atoms with E-state index < -0.39 is 0 Å². The summed E-state index contributed by atoms with van der Waals surface area (Å²) in [5.41, 5.74) is 2.48. The van der Waals surface area contributed by atoms with Gasteiger partial charge in [0.2, 0.25) is 5.91 Å². The molecule has 1 aliphatic rings. The lowest BCUT2D eigenvalue weighted by molar-refractivity contribution is -0.117. The van der Waals surface area contributed by atoms with Crippen LogP contribution < -0.4 is 10.6 Å². The molecule has 4 aromatic rings. The van der Waals surface area contributed by atoms with Crippen molar-refractivity contribution in [1.82, 2.24) is 9.88 Å². The van der Waals surface area contributed by atoms with Crippen molar-refractivity contribution in [2.24, 2.45) is 0 Å². The molecule has 0 aliphatic carbocycles. The molecule has 2 aromatic carbocycles. The SMILES string of the molecule is O=C(CN1CCc2nc(NC(=O)c3ccsc3)sc2C1)Nc1cccc2ccccc12. The minimum Gasteiger partial charge on any atom is -0.324 e. The van der Waals surface area contributed by atoms with E-state index in [1.165, 1.54) is 22.7 Å². The Hall–Kier alpha value is -3.07. The lowest BCUT2D eigenvalue weighted by Gasteiger charge is -2.25. The predicted octanol–water partition coefficient (Wildman–Crippen LogP) is 4.61. The third-order valence-electron chi connectivity index (χ3n) is 5.25. The van der Waals surface area contributed by atoms with Crippen molar-refractivity contribution >= 4 is 56.1 Å². The average Bonchev–Trinajstić information content (AvgIpc) is 3.43. The highest BCUT2D eigenvalue weighted by Gasteiger charge is 2.23. The number of hydrogen-bond donors (Lipinski definition) is 2. The molecule has 0 fully saturated rings. The van der Waals surface area contributed by atoms with E-state index in [2.05, 4.69) is 20.5 Å². The number of aromatic nitrogens is 1. The van der Waals surface area contributed by atoms with Crippen molar-refractivity contribution in [3.63, 3.8) is 0 Å². The van der Waals surface area contributed by atoms with Crippen molar-refractivity contribution in [2.75, 3.05) is 23.7 Å². The van der Waals surface area contributed by atoms with E-state index in [0.29, 0.717) is 23.8 Å². The van der Waals surface area contributed by atoms with Gasteiger partial charge in [-0.15, -0.1) is 11.3 Å². The van der Waals surface area contributed by atoms with Crippen molar-refractivity contribution in [2.45, 2.75) is 13.0 Å². The summed E-state index contributed by atoms with van der Waals surface area (Å²) in [5.74, 6) is -0.172. The van der Waals surface area contributed by atoms with Crippen molar-refractivity contribution in [3.8, 4) is 0 Å². The normalized spacial score (nSPS) is 13.7. The number of hydrogen-bond acceptors (Lipinski definition) is 6. The fraction of sp³-hybridized carbons (Fsp3) is 0.174. The number of fused-ring (bicyclic) bond motifs is 2. The molecule has 0 saturated carbocycles. The quantitative estimate of drug-likeness (QED) is 0.468. The second-order valence-corrected chi connectivity index (χ2v) is 9.25. The number of anilines is 2. The minimum atomic E-state index is -0.140. The van der Waals surface area contributed by atoms with E-state index in [-0.39, 0.29) is 11.8 Å². The molecule has 0 atom stereocenters. The number of benzene rings is 2. The smallest absolute Gasteiger partial charge is 0.258 e. The van der Waals surface area contributed by atoms with Crippen LogP contribution in [0.4, 0.5) is 10.8 Å². The standard InChI is InChI=1S/C23H20N4O2S2/c28-21(24-18-7-3-5-15-4-1-2-6-17(15)18)13-27-10-8-19-20(12-27)31-23(25-19)26-22(29)16-9-11-30-14-16/h1-7,9,11,14H,8,10,12-13H2,(H,24,28)(H,25,26,29). The number of nitrogens with one attached hydrogen (secondary N) is 2. The maximum Gasteiger partial charge on any atom is 0.258 e. The molecule has 31 heavy (non-hydrogen) atoms. The second-order valence-electron chi connectivity index (χ2n) is 7.39. The first kappa shape index (κ1) is 19.9. The van der Waals surface area contributed by atoms with Gasteiger partial charge >= 0.3 is 0 Å². The Balaban J connectivity index is 1.22. The third-order valence-corrected chi connectivity index (χ3v) is 6.93. The molecule has 2 N–H and O–H groups in total. The van der Waals surface area contributed by atoms with Gasteiger partial charge in [-0.2, -0.15) is 11.3 Å². The summed E-state index contributed by atoms with van der Waals surface area (Å²) in [7, 11) is 0. The van der Waals surface area contributed by atoms with Gasteiger partial charge in [0.05, 0.1) is 17.8 Å². The molecular formula is C23H20N4O2S2. The van der Waals surface area contributed by atoms with Crippen LogP contribution in [0.2, 0.25) is 0 Å². The molecule has 0 bridgehead atoms. The average molecular weight is 449 g/mol. The van der Waals surface area contributed by atoms with E-state index in [4.69, 9.17) is 0 Å². The van der Waals surface area contributed by atoms with Crippen LogP contribution in [0.5, 0.6) is 0 Å². The molecule has 2 aromatic heterocycles. The van der Waals surface area contributed by atoms with E-state index in [0.717, 1.165) is 40.0 Å². The highest BCUT2D eigenvalue weighted by molar-refractivity contribution is 7.16. The summed E-state index contributed by atoms with van der Waals surface area (Å²) in [5, 5.41) is 12.4. The Morgan fingerprint density at radius 1 is 1.06 bits per heavy atom. The van der Waals surface area contributed by atoms with E-state index in [9.17, 15) is 9.59 Å². The van der Waals surface area contributed by atoms with Crippen LogP contribution in [0, 0.1) is 0 Å². The summed E-state index contributed by atoms with van der Waals surface area (Å²) < 4.78 is 0. The Morgan fingerprint density at radius 3 is 2.81 bits per heavy atom. The number of carbonyl (C=O) groups excluding carboxylic acids is 2. The van der Waals surface area contributed by atoms with E-state index in [1.54, 1.807) is 6.07 Å². The number of amides is 2. The molecule has 8 heteroatoms. The molecule has 6 nitrogen and oxygen atoms in total. The lowest BCUT2D eigenvalue weighted by atomic mass is 10.1. The maximum atomic E-state index is 12.7. The molecule has 0 spiro atoms. The van der Waals surface area contributed by atoms with Crippen molar-refractivity contribution in [3.05, 3.63) is 75.4 Å². The molecule has 3 heterocycles. The highest BCUT2D eigenvalue weighted by Crippen LogP contribution is 2.29. The van der Waals surface area contributed by atoms with Crippen molar-refractivity contribution < 1.29 is 9.59 Å².